The number of likely N-dealkylation sites (N-methyl/N-ethyl adjacent to an activating group) is 1. The zero-order chi connectivity index (χ0) is 23.6. The number of nitrogens with one attached hydrogen (secondary N) is 3. The molecule has 8 heteroatoms. The normalized spacial score (nSPS) is 12.6. The van der Waals surface area contributed by atoms with Crippen LogP contribution in [0.4, 0.5) is 9.59 Å². The van der Waals surface area contributed by atoms with Gasteiger partial charge in [-0.15, -0.1) is 0 Å². The Morgan fingerprint density at radius 1 is 1.00 bits per heavy atom. The molecule has 0 spiro atoms. The minimum atomic E-state index is -0.781. The van der Waals surface area contributed by atoms with Gasteiger partial charge in [-0.05, 0) is 35.1 Å². The fourth-order valence-electron chi connectivity index (χ4n) is 3.91. The summed E-state index contributed by atoms with van der Waals surface area (Å²) in [6.07, 6.45) is 1.04. The first-order chi connectivity index (χ1) is 16.0. The van der Waals surface area contributed by atoms with Crippen LogP contribution in [-0.4, -0.2) is 50.9 Å². The van der Waals surface area contributed by atoms with Gasteiger partial charge >= 0.3 is 12.2 Å². The summed E-state index contributed by atoms with van der Waals surface area (Å²) < 4.78 is 10.3. The number of hydrogen-bond acceptors (Lipinski definition) is 5. The van der Waals surface area contributed by atoms with Gasteiger partial charge in [-0.25, -0.2) is 9.59 Å². The van der Waals surface area contributed by atoms with Gasteiger partial charge < -0.3 is 25.4 Å². The molecule has 0 aromatic heterocycles. The maximum Gasteiger partial charge on any atom is 0.407 e. The molecule has 2 aromatic rings. The Hall–Kier alpha value is -3.81. The zero-order valence-electron chi connectivity index (χ0n) is 18.6. The minimum absolute atomic E-state index is 0.0626. The first-order valence-electron chi connectivity index (χ1n) is 10.9. The molecule has 3 N–H and O–H groups in total. The van der Waals surface area contributed by atoms with Crippen molar-refractivity contribution in [2.75, 3.05) is 26.8 Å². The minimum Gasteiger partial charge on any atom is -0.449 e. The van der Waals surface area contributed by atoms with Crippen molar-refractivity contribution in [3.05, 3.63) is 72.3 Å². The second-order valence-electron chi connectivity index (χ2n) is 7.59. The van der Waals surface area contributed by atoms with Crippen LogP contribution in [0, 0.1) is 0 Å². The van der Waals surface area contributed by atoms with Gasteiger partial charge in [-0.1, -0.05) is 61.2 Å². The summed E-state index contributed by atoms with van der Waals surface area (Å²) in [4.78, 5) is 36.2. The van der Waals surface area contributed by atoms with Gasteiger partial charge in [0, 0.05) is 19.5 Å². The number of hydrogen-bond donors (Lipinski definition) is 3. The number of carbonyl (C=O) groups is 3. The van der Waals surface area contributed by atoms with E-state index in [0.717, 1.165) is 22.3 Å². The van der Waals surface area contributed by atoms with Gasteiger partial charge in [0.2, 0.25) is 5.91 Å². The molecule has 0 aliphatic heterocycles. The van der Waals surface area contributed by atoms with E-state index < -0.39 is 18.2 Å². The Morgan fingerprint density at radius 3 is 2.24 bits per heavy atom. The molecule has 1 atom stereocenters. The average molecular weight is 452 g/mol. The maximum absolute atomic E-state index is 12.5. The molecule has 1 aliphatic rings. The van der Waals surface area contributed by atoms with E-state index in [-0.39, 0.29) is 25.0 Å². The van der Waals surface area contributed by atoms with Crippen molar-refractivity contribution in [3.8, 4) is 11.1 Å². The summed E-state index contributed by atoms with van der Waals surface area (Å²) in [5.74, 6) is -0.398. The number of benzene rings is 2. The van der Waals surface area contributed by atoms with E-state index in [4.69, 9.17) is 9.47 Å². The Kier molecular flexibility index (Phi) is 8.46. The number of ether oxygens (including phenoxy) is 2. The lowest BCUT2D eigenvalue weighted by molar-refractivity contribution is -0.122. The molecule has 0 bridgehead atoms. The van der Waals surface area contributed by atoms with E-state index in [1.165, 1.54) is 13.1 Å². The van der Waals surface area contributed by atoms with Gasteiger partial charge in [-0.3, -0.25) is 4.79 Å². The first-order valence-corrected chi connectivity index (χ1v) is 10.9. The molecule has 0 saturated carbocycles. The molecule has 2 aromatic carbocycles. The van der Waals surface area contributed by atoms with Crippen molar-refractivity contribution < 1.29 is 23.9 Å². The summed E-state index contributed by atoms with van der Waals surface area (Å²) in [6, 6.07) is 15.4. The number of rotatable bonds is 10. The van der Waals surface area contributed by atoms with Crippen molar-refractivity contribution in [2.45, 2.75) is 24.8 Å². The van der Waals surface area contributed by atoms with E-state index in [2.05, 4.69) is 34.7 Å². The molecule has 0 saturated heterocycles. The van der Waals surface area contributed by atoms with Crippen molar-refractivity contribution in [2.24, 2.45) is 0 Å². The van der Waals surface area contributed by atoms with Crippen LogP contribution < -0.4 is 16.0 Å². The highest BCUT2D eigenvalue weighted by molar-refractivity contribution is 5.85. The molecule has 0 fully saturated rings. The lowest BCUT2D eigenvalue weighted by atomic mass is 9.98. The Bertz CT molecular complexity index is 962. The van der Waals surface area contributed by atoms with Gasteiger partial charge in [0.25, 0.3) is 0 Å². The Morgan fingerprint density at radius 2 is 1.64 bits per heavy atom. The van der Waals surface area contributed by atoms with Gasteiger partial charge in [-0.2, -0.15) is 0 Å². The van der Waals surface area contributed by atoms with Crippen LogP contribution in [0.5, 0.6) is 0 Å². The van der Waals surface area contributed by atoms with Gasteiger partial charge in [0.15, 0.2) is 0 Å². The van der Waals surface area contributed by atoms with Crippen LogP contribution in [0.3, 0.4) is 0 Å². The van der Waals surface area contributed by atoms with Crippen LogP contribution in [0.25, 0.3) is 11.1 Å². The van der Waals surface area contributed by atoms with Crippen molar-refractivity contribution >= 4 is 18.1 Å². The largest absolute Gasteiger partial charge is 0.449 e. The summed E-state index contributed by atoms with van der Waals surface area (Å²) in [6.45, 7) is 4.06. The first kappa shape index (κ1) is 23.8. The Balaban J connectivity index is 1.53. The van der Waals surface area contributed by atoms with Crippen molar-refractivity contribution in [1.82, 2.24) is 16.0 Å². The number of alkyl carbamates (subject to hydrolysis) is 2. The van der Waals surface area contributed by atoms with E-state index >= 15 is 0 Å². The highest BCUT2D eigenvalue weighted by Crippen LogP contribution is 2.44. The smallest absolute Gasteiger partial charge is 0.407 e. The number of fused-ring (bicyclic) bond motifs is 3. The second kappa shape index (κ2) is 11.7. The van der Waals surface area contributed by atoms with Crippen LogP contribution in [0.2, 0.25) is 0 Å². The molecule has 0 radical (unpaired) electrons. The molecule has 0 unspecified atom stereocenters. The topological polar surface area (TPSA) is 106 Å². The number of amides is 3. The van der Waals surface area contributed by atoms with Gasteiger partial charge in [0.1, 0.15) is 19.3 Å². The predicted octanol–water partition coefficient (Wildman–Crippen LogP) is 3.33. The Labute approximate surface area is 193 Å². The molecule has 3 amide bonds. The summed E-state index contributed by atoms with van der Waals surface area (Å²) in [5.41, 5.74) is 4.52. The molecule has 33 heavy (non-hydrogen) atoms. The van der Waals surface area contributed by atoms with Crippen LogP contribution >= 0.6 is 0 Å². The lowest BCUT2D eigenvalue weighted by Crippen LogP contribution is -2.46. The number of carbonyl (C=O) groups excluding carboxylic acids is 3. The molecule has 1 aliphatic carbocycles. The van der Waals surface area contributed by atoms with Gasteiger partial charge in [0.05, 0.1) is 0 Å². The second-order valence-corrected chi connectivity index (χ2v) is 7.59. The summed E-state index contributed by atoms with van der Waals surface area (Å²) in [7, 11) is 1.50. The van der Waals surface area contributed by atoms with E-state index in [1.54, 1.807) is 0 Å². The SMILES string of the molecule is C=CCOC(=O)NCCC[C@H](NC(=O)OCC1c2ccccc2-c2ccccc21)C(=O)NC. The monoisotopic (exact) mass is 451 g/mol. The van der Waals surface area contributed by atoms with E-state index in [9.17, 15) is 14.4 Å². The molecule has 8 nitrogen and oxygen atoms in total. The summed E-state index contributed by atoms with van der Waals surface area (Å²) >= 11 is 0. The molecule has 174 valence electrons. The molecular formula is C25H29N3O5. The van der Waals surface area contributed by atoms with Crippen molar-refractivity contribution in [3.63, 3.8) is 0 Å². The van der Waals surface area contributed by atoms with Crippen molar-refractivity contribution in [1.29, 1.82) is 0 Å². The third kappa shape index (κ3) is 6.12. The quantitative estimate of drug-likeness (QED) is 0.380. The average Bonchev–Trinajstić information content (AvgIpc) is 3.16. The highest BCUT2D eigenvalue weighted by Gasteiger charge is 2.29. The zero-order valence-corrected chi connectivity index (χ0v) is 18.6. The third-order valence-corrected chi connectivity index (χ3v) is 5.47. The predicted molar refractivity (Wildman–Crippen MR) is 125 cm³/mol. The van der Waals surface area contributed by atoms with Crippen LogP contribution in [0.15, 0.2) is 61.2 Å². The fraction of sp³-hybridized carbons (Fsp3) is 0.320. The molecule has 3 rings (SSSR count). The standard InChI is InChI=1S/C25H29N3O5/c1-3-15-32-24(30)27-14-8-13-22(23(29)26-2)28-25(31)33-16-21-19-11-6-4-9-17(19)18-10-5-7-12-20(18)21/h3-7,9-12,21-22H,1,8,13-16H2,2H3,(H,26,29)(H,27,30)(H,28,31)/t22-/m0/s1. The molecule has 0 heterocycles. The van der Waals surface area contributed by atoms with E-state index in [0.29, 0.717) is 19.4 Å². The van der Waals surface area contributed by atoms with Crippen LogP contribution in [-0.2, 0) is 14.3 Å². The maximum atomic E-state index is 12.5. The summed E-state index contributed by atoms with van der Waals surface area (Å²) in [5, 5.41) is 7.75. The third-order valence-electron chi connectivity index (χ3n) is 5.47. The lowest BCUT2D eigenvalue weighted by Gasteiger charge is -2.19. The molecular weight excluding hydrogens is 422 g/mol. The fourth-order valence-corrected chi connectivity index (χ4v) is 3.91. The van der Waals surface area contributed by atoms with Crippen LogP contribution in [0.1, 0.15) is 29.9 Å². The van der Waals surface area contributed by atoms with E-state index in [1.807, 2.05) is 36.4 Å². The highest BCUT2D eigenvalue weighted by atomic mass is 16.6.